The van der Waals surface area contributed by atoms with Crippen molar-refractivity contribution < 1.29 is 27.0 Å². The molecule has 0 spiro atoms. The maximum Gasteiger partial charge on any atom is 2.00 e. The Morgan fingerprint density at radius 3 is 1.32 bits per heavy atom. The van der Waals surface area contributed by atoms with Gasteiger partial charge in [0.2, 0.25) is 0 Å². The first-order chi connectivity index (χ1) is 17.3. The summed E-state index contributed by atoms with van der Waals surface area (Å²) in [5.74, 6) is 0. The van der Waals surface area contributed by atoms with Crippen molar-refractivity contribution in [3.63, 3.8) is 0 Å². The Morgan fingerprint density at radius 2 is 0.973 bits per heavy atom. The Kier molecular flexibility index (Phi) is 13.9. The molecule has 1 aromatic carbocycles. The zero-order chi connectivity index (χ0) is 26.2. The fourth-order valence-corrected chi connectivity index (χ4v) is 3.15. The van der Waals surface area contributed by atoms with Crippen LogP contribution in [0.15, 0.2) is 97.5 Å². The van der Waals surface area contributed by atoms with Crippen LogP contribution >= 0.6 is 0 Å². The molecule has 0 saturated heterocycles. The summed E-state index contributed by atoms with van der Waals surface area (Å²) in [7, 11) is 0. The fourth-order valence-electron chi connectivity index (χ4n) is 3.15. The smallest absolute Gasteiger partial charge is 0.360 e. The van der Waals surface area contributed by atoms with Gasteiger partial charge in [-0.1, -0.05) is 30.3 Å². The van der Waals surface area contributed by atoms with Gasteiger partial charge in [0, 0.05) is 36.4 Å². The van der Waals surface area contributed by atoms with Crippen LogP contribution in [0.1, 0.15) is 22.6 Å². The second kappa shape index (κ2) is 16.9. The number of nitrogens with zero attached hydrogens (tertiary/aromatic N) is 6. The van der Waals surface area contributed by atoms with Gasteiger partial charge in [-0.2, -0.15) is 0 Å². The van der Waals surface area contributed by atoms with Gasteiger partial charge in [0.25, 0.3) is 0 Å². The molecule has 0 unspecified atom stereocenters. The molecule has 0 bridgehead atoms. The van der Waals surface area contributed by atoms with Crippen LogP contribution in [-0.2, 0) is 36.3 Å². The molecule has 4 aromatic rings. The molecule has 0 N–H and O–H groups in total. The predicted octanol–water partition coefficient (Wildman–Crippen LogP) is 4.19. The molecule has 0 aliphatic carbocycles. The summed E-state index contributed by atoms with van der Waals surface area (Å²) >= 11 is 0. The van der Waals surface area contributed by atoms with Gasteiger partial charge in [-0.25, -0.2) is 0 Å². The van der Waals surface area contributed by atoms with E-state index in [4.69, 9.17) is 30.6 Å². The molecule has 4 rings (SSSR count). The fraction of sp³-hybridized carbons (Fsp3) is 0.125. The van der Waals surface area contributed by atoms with E-state index >= 15 is 0 Å². The van der Waals surface area contributed by atoms with Gasteiger partial charge in [0.1, 0.15) is 0 Å². The van der Waals surface area contributed by atoms with Crippen LogP contribution in [0.4, 0.5) is 5.69 Å². The molecule has 13 heteroatoms. The van der Waals surface area contributed by atoms with E-state index < -0.39 is 10.2 Å². The van der Waals surface area contributed by atoms with Crippen LogP contribution in [-0.4, -0.2) is 25.1 Å². The molecule has 3 heterocycles. The molecule has 12 nitrogen and oxygen atoms in total. The number of benzene rings is 1. The molecular weight excluding hydrogens is 527 g/mol. The average molecular weight is 549 g/mol. The van der Waals surface area contributed by atoms with E-state index in [0.717, 1.165) is 42.3 Å². The number of hydrogen-bond donors (Lipinski definition) is 0. The minimum Gasteiger partial charge on any atom is -0.360 e. The molecular formula is C24H22CoN6O6. The maximum absolute atomic E-state index is 8.25. The first kappa shape index (κ1) is 30.4. The maximum atomic E-state index is 8.25. The zero-order valence-electron chi connectivity index (χ0n) is 19.3. The van der Waals surface area contributed by atoms with Gasteiger partial charge in [-0.05, 0) is 54.1 Å². The average Bonchev–Trinajstić information content (AvgIpc) is 2.85. The predicted molar refractivity (Wildman–Crippen MR) is 133 cm³/mol. The SMILES string of the molecule is O=[N+]([O-])[O-].O=[N+]([O-])[O-].[Co+2].c1ccc(Cc2ccc(N(Cc3ccccn3)Cc3ccccn3)cc2)nc1. The minimum atomic E-state index is -1.75. The van der Waals surface area contributed by atoms with Crippen LogP contribution < -0.4 is 4.90 Å². The number of hydrogen-bond acceptors (Lipinski definition) is 10. The summed E-state index contributed by atoms with van der Waals surface area (Å²) in [6, 6.07) is 26.8. The van der Waals surface area contributed by atoms with E-state index in [1.807, 2.05) is 55.0 Å². The largest absolute Gasteiger partial charge is 2.00 e. The van der Waals surface area contributed by atoms with Gasteiger partial charge in [0.05, 0.1) is 34.7 Å². The van der Waals surface area contributed by atoms with Gasteiger partial charge in [-0.15, -0.1) is 0 Å². The van der Waals surface area contributed by atoms with Crippen molar-refractivity contribution in [3.05, 3.63) is 151 Å². The molecule has 193 valence electrons. The number of aromatic nitrogens is 3. The van der Waals surface area contributed by atoms with Gasteiger partial charge >= 0.3 is 16.8 Å². The van der Waals surface area contributed by atoms with Crippen molar-refractivity contribution in [1.82, 2.24) is 15.0 Å². The molecule has 0 aliphatic rings. The first-order valence-electron chi connectivity index (χ1n) is 10.5. The van der Waals surface area contributed by atoms with Crippen LogP contribution in [0.25, 0.3) is 0 Å². The van der Waals surface area contributed by atoms with Crippen LogP contribution in [0.2, 0.25) is 0 Å². The first-order valence-corrected chi connectivity index (χ1v) is 10.5. The molecule has 0 fully saturated rings. The molecule has 0 atom stereocenters. The monoisotopic (exact) mass is 549 g/mol. The van der Waals surface area contributed by atoms with Crippen molar-refractivity contribution in [1.29, 1.82) is 0 Å². The van der Waals surface area contributed by atoms with Gasteiger partial charge in [0.15, 0.2) is 0 Å². The summed E-state index contributed by atoms with van der Waals surface area (Å²) < 4.78 is 0. The van der Waals surface area contributed by atoms with Crippen molar-refractivity contribution in [2.75, 3.05) is 4.90 Å². The van der Waals surface area contributed by atoms with E-state index in [-0.39, 0.29) is 16.8 Å². The Morgan fingerprint density at radius 1 is 0.595 bits per heavy atom. The third-order valence-corrected chi connectivity index (χ3v) is 4.57. The second-order valence-electron chi connectivity index (χ2n) is 7.11. The number of pyridine rings is 3. The zero-order valence-corrected chi connectivity index (χ0v) is 20.4. The molecule has 1 radical (unpaired) electrons. The van der Waals surface area contributed by atoms with Crippen molar-refractivity contribution in [3.8, 4) is 0 Å². The molecule has 37 heavy (non-hydrogen) atoms. The molecule has 0 aliphatic heterocycles. The third kappa shape index (κ3) is 13.2. The van der Waals surface area contributed by atoms with Gasteiger partial charge < -0.3 is 35.5 Å². The van der Waals surface area contributed by atoms with Crippen LogP contribution in [0.3, 0.4) is 0 Å². The minimum absolute atomic E-state index is 0. The summed E-state index contributed by atoms with van der Waals surface area (Å²) in [5.41, 5.74) is 5.56. The molecule has 0 saturated carbocycles. The van der Waals surface area contributed by atoms with E-state index in [9.17, 15) is 0 Å². The Bertz CT molecular complexity index is 1130. The third-order valence-electron chi connectivity index (χ3n) is 4.57. The number of rotatable bonds is 7. The summed E-state index contributed by atoms with van der Waals surface area (Å²) in [4.78, 5) is 32.2. The molecule has 0 amide bonds. The Hall–Kier alpha value is -4.62. The Balaban J connectivity index is 0.000000671. The van der Waals surface area contributed by atoms with Crippen molar-refractivity contribution in [2.24, 2.45) is 0 Å². The van der Waals surface area contributed by atoms with E-state index in [1.54, 1.807) is 0 Å². The molecule has 3 aromatic heterocycles. The van der Waals surface area contributed by atoms with E-state index in [1.165, 1.54) is 5.56 Å². The standard InChI is InChI=1S/C24H22N4.Co.2NO3/c1-4-14-25-21(7-1)17-20-10-12-24(13-11-20)28(18-22-8-2-5-15-26-22)19-23-9-3-6-16-27-23;;2*2-1(3)4/h1-16H,17-19H2;;;/q;+2;2*-1. The summed E-state index contributed by atoms with van der Waals surface area (Å²) in [5, 5.41) is 29.5. The van der Waals surface area contributed by atoms with Crippen LogP contribution in [0.5, 0.6) is 0 Å². The normalized spacial score (nSPS) is 9.30. The summed E-state index contributed by atoms with van der Waals surface area (Å²) in [6.07, 6.45) is 6.35. The second-order valence-corrected chi connectivity index (χ2v) is 7.11. The van der Waals surface area contributed by atoms with Gasteiger partial charge in [-0.3, -0.25) is 15.0 Å². The topological polar surface area (TPSA) is 174 Å². The quantitative estimate of drug-likeness (QED) is 0.240. The summed E-state index contributed by atoms with van der Waals surface area (Å²) in [6.45, 7) is 1.47. The van der Waals surface area contributed by atoms with Crippen molar-refractivity contribution >= 4 is 5.69 Å². The van der Waals surface area contributed by atoms with E-state index in [0.29, 0.717) is 0 Å². The van der Waals surface area contributed by atoms with Crippen molar-refractivity contribution in [2.45, 2.75) is 19.5 Å². The Labute approximate surface area is 222 Å². The van der Waals surface area contributed by atoms with E-state index in [2.05, 4.69) is 62.3 Å². The number of anilines is 1. The van der Waals surface area contributed by atoms with Crippen LogP contribution in [0, 0.1) is 30.6 Å².